The highest BCUT2D eigenvalue weighted by molar-refractivity contribution is 6.31. The summed E-state index contributed by atoms with van der Waals surface area (Å²) in [6, 6.07) is 0. The molecule has 0 aromatic carbocycles. The normalized spacial score (nSPS) is 8.83. The van der Waals surface area contributed by atoms with Gasteiger partial charge in [0, 0.05) is 14.1 Å². The molecule has 2 N–H and O–H groups in total. The molecule has 0 saturated carbocycles. The van der Waals surface area contributed by atoms with E-state index in [9.17, 15) is 14.4 Å². The molecule has 0 aromatic rings. The molecule has 0 rings (SSSR count). The third kappa shape index (κ3) is 3.55. The maximum absolute atomic E-state index is 10.8. The number of nitrogens with zero attached hydrogens (tertiary/aromatic N) is 1. The van der Waals surface area contributed by atoms with E-state index < -0.39 is 24.4 Å². The average Bonchev–Trinajstić information content (AvgIpc) is 1.98. The molecule has 0 spiro atoms. The first-order chi connectivity index (χ1) is 5.45. The third-order valence-corrected chi connectivity index (χ3v) is 1.03. The van der Waals surface area contributed by atoms with Gasteiger partial charge in [-0.15, -0.1) is 0 Å². The largest absolute Gasteiger partial charge is 0.448 e. The van der Waals surface area contributed by atoms with Gasteiger partial charge in [0.15, 0.2) is 6.61 Å². The lowest BCUT2D eigenvalue weighted by atomic mass is 10.6. The molecule has 0 saturated heterocycles. The highest BCUT2D eigenvalue weighted by Gasteiger charge is 2.13. The Kier molecular flexibility index (Phi) is 3.75. The Balaban J connectivity index is 3.77. The molecule has 0 atom stereocenters. The first-order valence-electron chi connectivity index (χ1n) is 3.12. The van der Waals surface area contributed by atoms with E-state index in [2.05, 4.69) is 10.5 Å². The van der Waals surface area contributed by atoms with Crippen LogP contribution >= 0.6 is 0 Å². The van der Waals surface area contributed by atoms with E-state index in [1.165, 1.54) is 19.0 Å². The summed E-state index contributed by atoms with van der Waals surface area (Å²) in [6.07, 6.45) is 0. The van der Waals surface area contributed by atoms with Gasteiger partial charge in [0.1, 0.15) is 0 Å². The van der Waals surface area contributed by atoms with Crippen molar-refractivity contribution in [2.45, 2.75) is 0 Å². The van der Waals surface area contributed by atoms with Gasteiger partial charge in [-0.3, -0.25) is 9.59 Å². The van der Waals surface area contributed by atoms with Crippen molar-refractivity contribution >= 4 is 17.8 Å². The van der Waals surface area contributed by atoms with Crippen molar-refractivity contribution in [1.29, 1.82) is 0 Å². The molecule has 0 bridgehead atoms. The number of ether oxygens (including phenoxy) is 1. The lowest BCUT2D eigenvalue weighted by molar-refractivity contribution is -0.157. The minimum Gasteiger partial charge on any atom is -0.448 e. The number of amides is 2. The van der Waals surface area contributed by atoms with E-state index >= 15 is 0 Å². The number of carbonyl (C=O) groups excluding carboxylic acids is 3. The SMILES string of the molecule is CN(C)C(=O)COC(=O)C(N)=O. The first-order valence-corrected chi connectivity index (χ1v) is 3.12. The van der Waals surface area contributed by atoms with Crippen molar-refractivity contribution in [2.75, 3.05) is 20.7 Å². The van der Waals surface area contributed by atoms with Crippen molar-refractivity contribution in [1.82, 2.24) is 4.90 Å². The van der Waals surface area contributed by atoms with E-state index in [1.807, 2.05) is 0 Å². The van der Waals surface area contributed by atoms with Crippen molar-refractivity contribution < 1.29 is 19.1 Å². The number of hydrogen-bond donors (Lipinski definition) is 1. The van der Waals surface area contributed by atoms with Crippen LogP contribution in [0.3, 0.4) is 0 Å². The molecular formula is C6H10N2O4. The molecule has 68 valence electrons. The average molecular weight is 174 g/mol. The fourth-order valence-electron chi connectivity index (χ4n) is 0.328. The summed E-state index contributed by atoms with van der Waals surface area (Å²) in [5, 5.41) is 0. The van der Waals surface area contributed by atoms with E-state index in [-0.39, 0.29) is 0 Å². The summed E-state index contributed by atoms with van der Waals surface area (Å²) in [6.45, 7) is -0.464. The molecular weight excluding hydrogens is 164 g/mol. The number of esters is 1. The predicted octanol–water partition coefficient (Wildman–Crippen LogP) is -1.90. The Hall–Kier alpha value is -1.59. The van der Waals surface area contributed by atoms with Crippen LogP contribution in [0, 0.1) is 0 Å². The number of likely N-dealkylation sites (N-methyl/N-ethyl adjacent to an activating group) is 1. The fraction of sp³-hybridized carbons (Fsp3) is 0.500. The fourth-order valence-corrected chi connectivity index (χ4v) is 0.328. The third-order valence-electron chi connectivity index (χ3n) is 1.03. The Morgan fingerprint density at radius 1 is 1.33 bits per heavy atom. The Morgan fingerprint density at radius 3 is 2.17 bits per heavy atom. The van der Waals surface area contributed by atoms with Crippen LogP contribution in [0.5, 0.6) is 0 Å². The topological polar surface area (TPSA) is 89.7 Å². The number of carbonyl (C=O) groups is 3. The minimum atomic E-state index is -1.21. The lowest BCUT2D eigenvalue weighted by Crippen LogP contribution is -2.32. The zero-order valence-electron chi connectivity index (χ0n) is 6.86. The molecule has 0 heterocycles. The van der Waals surface area contributed by atoms with Gasteiger partial charge in [-0.05, 0) is 0 Å². The van der Waals surface area contributed by atoms with Gasteiger partial charge in [-0.1, -0.05) is 0 Å². The van der Waals surface area contributed by atoms with Gasteiger partial charge in [-0.25, -0.2) is 4.79 Å². The van der Waals surface area contributed by atoms with Crippen molar-refractivity contribution in [3.8, 4) is 0 Å². The van der Waals surface area contributed by atoms with Crippen LogP contribution in [0.1, 0.15) is 0 Å². The zero-order valence-corrected chi connectivity index (χ0v) is 6.86. The molecule has 6 heteroatoms. The molecule has 0 fully saturated rings. The molecule has 12 heavy (non-hydrogen) atoms. The monoisotopic (exact) mass is 174 g/mol. The second-order valence-corrected chi connectivity index (χ2v) is 2.23. The van der Waals surface area contributed by atoms with Gasteiger partial charge in [-0.2, -0.15) is 0 Å². The molecule has 0 aromatic heterocycles. The van der Waals surface area contributed by atoms with Crippen LogP contribution in [0.4, 0.5) is 0 Å². The second-order valence-electron chi connectivity index (χ2n) is 2.23. The van der Waals surface area contributed by atoms with Crippen molar-refractivity contribution in [3.63, 3.8) is 0 Å². The molecule has 6 nitrogen and oxygen atoms in total. The number of rotatable bonds is 2. The molecule has 0 aliphatic carbocycles. The van der Waals surface area contributed by atoms with Crippen LogP contribution < -0.4 is 5.73 Å². The molecule has 0 radical (unpaired) electrons. The smallest absolute Gasteiger partial charge is 0.397 e. The summed E-state index contributed by atoms with van der Waals surface area (Å²) in [5.41, 5.74) is 4.56. The second kappa shape index (κ2) is 4.32. The summed E-state index contributed by atoms with van der Waals surface area (Å²) in [7, 11) is 3.00. The summed E-state index contributed by atoms with van der Waals surface area (Å²) < 4.78 is 4.22. The predicted molar refractivity (Wildman–Crippen MR) is 38.8 cm³/mol. The van der Waals surface area contributed by atoms with Gasteiger partial charge in [0.2, 0.25) is 0 Å². The maximum Gasteiger partial charge on any atom is 0.397 e. The Labute approximate surface area is 69.3 Å². The molecule has 2 amide bonds. The first kappa shape index (κ1) is 10.4. The summed E-state index contributed by atoms with van der Waals surface area (Å²) in [5.74, 6) is -2.82. The molecule has 0 aliphatic heterocycles. The number of primary amides is 1. The van der Waals surface area contributed by atoms with Gasteiger partial charge >= 0.3 is 11.9 Å². The summed E-state index contributed by atoms with van der Waals surface area (Å²) >= 11 is 0. The van der Waals surface area contributed by atoms with Crippen LogP contribution in [0.25, 0.3) is 0 Å². The Bertz CT molecular complexity index is 212. The van der Waals surface area contributed by atoms with E-state index in [0.29, 0.717) is 0 Å². The van der Waals surface area contributed by atoms with E-state index in [1.54, 1.807) is 0 Å². The van der Waals surface area contributed by atoms with Gasteiger partial charge in [0.05, 0.1) is 0 Å². The lowest BCUT2D eigenvalue weighted by Gasteiger charge is -2.08. The number of hydrogen-bond acceptors (Lipinski definition) is 4. The molecule has 0 aliphatic rings. The Morgan fingerprint density at radius 2 is 1.83 bits per heavy atom. The highest BCUT2D eigenvalue weighted by atomic mass is 16.5. The van der Waals surface area contributed by atoms with Crippen molar-refractivity contribution in [2.24, 2.45) is 5.73 Å². The quantitative estimate of drug-likeness (QED) is 0.391. The van der Waals surface area contributed by atoms with Gasteiger partial charge in [0.25, 0.3) is 5.91 Å². The standard InChI is InChI=1S/C6H10N2O4/c1-8(2)4(9)3-12-6(11)5(7)10/h3H2,1-2H3,(H2,7,10). The number of nitrogens with two attached hydrogens (primary N) is 1. The van der Waals surface area contributed by atoms with Crippen LogP contribution in [0.15, 0.2) is 0 Å². The van der Waals surface area contributed by atoms with Crippen LogP contribution in [0.2, 0.25) is 0 Å². The zero-order chi connectivity index (χ0) is 9.72. The summed E-state index contributed by atoms with van der Waals surface area (Å²) in [4.78, 5) is 32.5. The minimum absolute atomic E-state index is 0.412. The van der Waals surface area contributed by atoms with E-state index in [0.717, 1.165) is 0 Å². The van der Waals surface area contributed by atoms with Crippen molar-refractivity contribution in [3.05, 3.63) is 0 Å². The van der Waals surface area contributed by atoms with Crippen LogP contribution in [-0.2, 0) is 19.1 Å². The molecule has 0 unspecified atom stereocenters. The maximum atomic E-state index is 10.8. The highest BCUT2D eigenvalue weighted by Crippen LogP contribution is 1.82. The van der Waals surface area contributed by atoms with E-state index in [4.69, 9.17) is 0 Å². The van der Waals surface area contributed by atoms with Gasteiger partial charge < -0.3 is 15.4 Å². The van der Waals surface area contributed by atoms with Crippen LogP contribution in [-0.4, -0.2) is 43.4 Å².